The van der Waals surface area contributed by atoms with Crippen molar-refractivity contribution in [1.29, 1.82) is 0 Å². The molecule has 0 amide bonds. The van der Waals surface area contributed by atoms with Crippen LogP contribution in [0.5, 0.6) is 0 Å². The molecule has 1 aromatic heterocycles. The lowest BCUT2D eigenvalue weighted by Crippen LogP contribution is -2.13. The Morgan fingerprint density at radius 1 is 1.44 bits per heavy atom. The fraction of sp³-hybridized carbons (Fsp3) is 0.500. The number of imidazole rings is 1. The topological polar surface area (TPSA) is 20.7 Å². The second-order valence-corrected chi connectivity index (χ2v) is 5.76. The van der Waals surface area contributed by atoms with E-state index in [-0.39, 0.29) is 5.82 Å². The van der Waals surface area contributed by atoms with Crippen molar-refractivity contribution in [1.82, 2.24) is 9.55 Å². The van der Waals surface area contributed by atoms with Crippen LogP contribution in [0, 0.1) is 22.4 Å². The highest BCUT2D eigenvalue weighted by atomic mass is 32.1. The van der Waals surface area contributed by atoms with Crippen LogP contribution in [0.25, 0.3) is 11.0 Å². The van der Waals surface area contributed by atoms with Crippen molar-refractivity contribution in [3.63, 3.8) is 0 Å². The Hall–Kier alpha value is -1.16. The van der Waals surface area contributed by atoms with Crippen molar-refractivity contribution in [3.05, 3.63) is 28.8 Å². The van der Waals surface area contributed by atoms with E-state index in [0.29, 0.717) is 10.7 Å². The predicted octanol–water partition coefficient (Wildman–Crippen LogP) is 4.27. The Morgan fingerprint density at radius 2 is 2.28 bits per heavy atom. The van der Waals surface area contributed by atoms with E-state index >= 15 is 0 Å². The van der Waals surface area contributed by atoms with Crippen LogP contribution in [-0.4, -0.2) is 9.55 Å². The molecule has 1 heterocycles. The van der Waals surface area contributed by atoms with Gasteiger partial charge in [0.25, 0.3) is 0 Å². The van der Waals surface area contributed by atoms with Gasteiger partial charge < -0.3 is 9.55 Å². The summed E-state index contributed by atoms with van der Waals surface area (Å²) in [7, 11) is 0. The number of aromatic amines is 1. The molecule has 0 bridgehead atoms. The first-order valence-corrected chi connectivity index (χ1v) is 6.94. The molecule has 96 valence electrons. The molecule has 1 N–H and O–H groups in total. The molecule has 0 aliphatic heterocycles. The smallest absolute Gasteiger partial charge is 0.178 e. The van der Waals surface area contributed by atoms with E-state index in [9.17, 15) is 4.39 Å². The van der Waals surface area contributed by atoms with Gasteiger partial charge in [-0.2, -0.15) is 0 Å². The highest BCUT2D eigenvalue weighted by Crippen LogP contribution is 2.33. The lowest BCUT2D eigenvalue weighted by molar-refractivity contribution is 0.366. The summed E-state index contributed by atoms with van der Waals surface area (Å²) in [5, 5.41) is 0. The van der Waals surface area contributed by atoms with Gasteiger partial charge >= 0.3 is 0 Å². The number of hydrogen-bond donors (Lipinski definition) is 1. The minimum absolute atomic E-state index is 0.222. The average Bonchev–Trinajstić information content (AvgIpc) is 2.85. The monoisotopic (exact) mass is 264 g/mol. The molecule has 1 aromatic carbocycles. The van der Waals surface area contributed by atoms with E-state index in [1.807, 2.05) is 6.07 Å². The molecule has 3 rings (SSSR count). The molecule has 0 spiro atoms. The maximum atomic E-state index is 13.2. The van der Waals surface area contributed by atoms with E-state index in [1.165, 1.54) is 31.4 Å². The zero-order valence-electron chi connectivity index (χ0n) is 10.4. The van der Waals surface area contributed by atoms with Crippen LogP contribution in [0.4, 0.5) is 4.39 Å². The van der Waals surface area contributed by atoms with Gasteiger partial charge in [0, 0.05) is 6.54 Å². The molecule has 18 heavy (non-hydrogen) atoms. The van der Waals surface area contributed by atoms with Crippen molar-refractivity contribution in [2.24, 2.45) is 11.8 Å². The van der Waals surface area contributed by atoms with E-state index < -0.39 is 0 Å². The van der Waals surface area contributed by atoms with Crippen LogP contribution in [0.2, 0.25) is 0 Å². The largest absolute Gasteiger partial charge is 0.330 e. The molecule has 1 aliphatic rings. The van der Waals surface area contributed by atoms with Crippen LogP contribution in [0.15, 0.2) is 18.2 Å². The van der Waals surface area contributed by atoms with E-state index in [0.717, 1.165) is 23.5 Å². The number of H-pyrrole nitrogens is 1. The number of aromatic nitrogens is 2. The van der Waals surface area contributed by atoms with Crippen molar-refractivity contribution in [2.45, 2.75) is 32.7 Å². The Balaban J connectivity index is 2.01. The molecule has 1 fully saturated rings. The average molecular weight is 264 g/mol. The summed E-state index contributed by atoms with van der Waals surface area (Å²) in [6.07, 6.45) is 3.90. The third-order valence-corrected chi connectivity index (χ3v) is 4.51. The zero-order valence-corrected chi connectivity index (χ0v) is 11.3. The fourth-order valence-electron chi connectivity index (χ4n) is 3.05. The number of halogens is 1. The zero-order chi connectivity index (χ0) is 12.7. The highest BCUT2D eigenvalue weighted by Gasteiger charge is 2.24. The SMILES string of the molecule is CC1CCCC1Cn1c(=S)[nH]c2cc(F)ccc21. The molecule has 2 atom stereocenters. The summed E-state index contributed by atoms with van der Waals surface area (Å²) < 4.78 is 16.0. The van der Waals surface area contributed by atoms with Crippen molar-refractivity contribution in [3.8, 4) is 0 Å². The van der Waals surface area contributed by atoms with Gasteiger partial charge in [0.2, 0.25) is 0 Å². The molecule has 2 unspecified atom stereocenters. The number of nitrogens with zero attached hydrogens (tertiary/aromatic N) is 1. The maximum absolute atomic E-state index is 13.2. The van der Waals surface area contributed by atoms with Gasteiger partial charge in [-0.1, -0.05) is 19.8 Å². The van der Waals surface area contributed by atoms with Gasteiger partial charge in [0.1, 0.15) is 5.82 Å². The van der Waals surface area contributed by atoms with Gasteiger partial charge in [0.15, 0.2) is 4.77 Å². The number of hydrogen-bond acceptors (Lipinski definition) is 1. The van der Waals surface area contributed by atoms with E-state index in [4.69, 9.17) is 12.2 Å². The summed E-state index contributed by atoms with van der Waals surface area (Å²) in [5.41, 5.74) is 1.81. The first kappa shape index (κ1) is 11.9. The van der Waals surface area contributed by atoms with Gasteiger partial charge in [-0.15, -0.1) is 0 Å². The molecule has 0 radical (unpaired) electrons. The second kappa shape index (κ2) is 4.50. The molecule has 4 heteroatoms. The van der Waals surface area contributed by atoms with Crippen LogP contribution in [0.1, 0.15) is 26.2 Å². The minimum Gasteiger partial charge on any atom is -0.330 e. The van der Waals surface area contributed by atoms with Gasteiger partial charge in [0.05, 0.1) is 11.0 Å². The third-order valence-electron chi connectivity index (χ3n) is 4.19. The van der Waals surface area contributed by atoms with Crippen LogP contribution >= 0.6 is 12.2 Å². The summed E-state index contributed by atoms with van der Waals surface area (Å²) in [6, 6.07) is 4.83. The lowest BCUT2D eigenvalue weighted by atomic mass is 9.98. The van der Waals surface area contributed by atoms with Crippen LogP contribution in [-0.2, 0) is 6.54 Å². The van der Waals surface area contributed by atoms with Gasteiger partial charge in [-0.3, -0.25) is 0 Å². The van der Waals surface area contributed by atoms with E-state index in [1.54, 1.807) is 0 Å². The summed E-state index contributed by atoms with van der Waals surface area (Å²) in [6.45, 7) is 3.27. The summed E-state index contributed by atoms with van der Waals surface area (Å²) >= 11 is 5.35. The van der Waals surface area contributed by atoms with Gasteiger partial charge in [-0.05, 0) is 48.7 Å². The van der Waals surface area contributed by atoms with Crippen molar-refractivity contribution < 1.29 is 4.39 Å². The van der Waals surface area contributed by atoms with Gasteiger partial charge in [-0.25, -0.2) is 4.39 Å². The Bertz CT molecular complexity index is 628. The Morgan fingerprint density at radius 3 is 3.00 bits per heavy atom. The minimum atomic E-state index is -0.222. The first-order chi connectivity index (χ1) is 8.65. The number of rotatable bonds is 2. The number of fused-ring (bicyclic) bond motifs is 1. The quantitative estimate of drug-likeness (QED) is 0.803. The third kappa shape index (κ3) is 1.99. The summed E-state index contributed by atoms with van der Waals surface area (Å²) in [4.78, 5) is 3.09. The van der Waals surface area contributed by atoms with Crippen LogP contribution < -0.4 is 0 Å². The Labute approximate surface area is 111 Å². The number of benzene rings is 1. The fourth-order valence-corrected chi connectivity index (χ4v) is 3.33. The molecule has 1 aliphatic carbocycles. The normalized spacial score (nSPS) is 23.9. The predicted molar refractivity (Wildman–Crippen MR) is 73.6 cm³/mol. The molecular weight excluding hydrogens is 247 g/mol. The molecule has 2 nitrogen and oxygen atoms in total. The molecule has 2 aromatic rings. The molecule has 0 saturated heterocycles. The highest BCUT2D eigenvalue weighted by molar-refractivity contribution is 7.71. The van der Waals surface area contributed by atoms with Crippen molar-refractivity contribution in [2.75, 3.05) is 0 Å². The first-order valence-electron chi connectivity index (χ1n) is 6.53. The van der Waals surface area contributed by atoms with E-state index in [2.05, 4.69) is 16.5 Å². The van der Waals surface area contributed by atoms with Crippen LogP contribution in [0.3, 0.4) is 0 Å². The number of nitrogens with one attached hydrogen (secondary N) is 1. The molecule has 1 saturated carbocycles. The molecular formula is C14H17FN2S. The lowest BCUT2D eigenvalue weighted by Gasteiger charge is -2.16. The maximum Gasteiger partial charge on any atom is 0.178 e. The van der Waals surface area contributed by atoms with Crippen molar-refractivity contribution >= 4 is 23.3 Å². The standard InChI is InChI=1S/C14H17FN2S/c1-9-3-2-4-10(9)8-17-13-6-5-11(15)7-12(13)16-14(17)18/h5-7,9-10H,2-4,8H2,1H3,(H,16,18). The Kier molecular flexibility index (Phi) is 2.98. The summed E-state index contributed by atoms with van der Waals surface area (Å²) in [5.74, 6) is 1.23. The second-order valence-electron chi connectivity index (χ2n) is 5.37.